The first kappa shape index (κ1) is 17.7. The predicted molar refractivity (Wildman–Crippen MR) is 95.3 cm³/mol. The number of methoxy groups -OCH3 is 1. The Morgan fingerprint density at radius 2 is 1.64 bits per heavy atom. The Morgan fingerprint density at radius 3 is 2.24 bits per heavy atom. The van der Waals surface area contributed by atoms with Gasteiger partial charge in [0.25, 0.3) is 5.91 Å². The lowest BCUT2D eigenvalue weighted by molar-refractivity contribution is 0.0597. The second-order valence-electron chi connectivity index (χ2n) is 7.72. The smallest absolute Gasteiger partial charge is 0.409 e. The van der Waals surface area contributed by atoms with Crippen LogP contribution in [-0.4, -0.2) is 65.5 Å². The Hall–Kier alpha value is -2.08. The number of hydrogen-bond acceptors (Lipinski definition) is 4. The zero-order valence-corrected chi connectivity index (χ0v) is 15.5. The van der Waals surface area contributed by atoms with Gasteiger partial charge in [0, 0.05) is 50.4 Å². The van der Waals surface area contributed by atoms with E-state index in [2.05, 4.69) is 31.7 Å². The van der Waals surface area contributed by atoms with Crippen molar-refractivity contribution in [2.75, 3.05) is 33.3 Å². The number of hydrogen-bond donors (Lipinski definition) is 0. The van der Waals surface area contributed by atoms with Crippen molar-refractivity contribution < 1.29 is 14.3 Å². The van der Waals surface area contributed by atoms with E-state index in [0.717, 1.165) is 24.2 Å². The first-order chi connectivity index (χ1) is 11.8. The van der Waals surface area contributed by atoms with E-state index in [0.29, 0.717) is 26.2 Å². The van der Waals surface area contributed by atoms with E-state index >= 15 is 0 Å². The highest BCUT2D eigenvalue weighted by Crippen LogP contribution is 2.31. The molecule has 136 valence electrons. The summed E-state index contributed by atoms with van der Waals surface area (Å²) in [5.74, 6) is 0.0668. The van der Waals surface area contributed by atoms with Crippen LogP contribution in [0.3, 0.4) is 0 Å². The lowest BCUT2D eigenvalue weighted by Crippen LogP contribution is -2.50. The number of benzene rings is 1. The molecule has 2 aliphatic heterocycles. The molecule has 3 rings (SSSR count). The molecule has 0 bridgehead atoms. The molecule has 25 heavy (non-hydrogen) atoms. The maximum Gasteiger partial charge on any atom is 0.409 e. The van der Waals surface area contributed by atoms with Crippen molar-refractivity contribution in [2.24, 2.45) is 0 Å². The Morgan fingerprint density at radius 1 is 1.00 bits per heavy atom. The fraction of sp³-hybridized carbons (Fsp3) is 0.579. The van der Waals surface area contributed by atoms with Gasteiger partial charge in [-0.15, -0.1) is 0 Å². The predicted octanol–water partition coefficient (Wildman–Crippen LogP) is 2.32. The second-order valence-corrected chi connectivity index (χ2v) is 7.72. The van der Waals surface area contributed by atoms with Gasteiger partial charge in [-0.3, -0.25) is 9.69 Å². The summed E-state index contributed by atoms with van der Waals surface area (Å²) in [5, 5.41) is 0. The molecule has 1 saturated heterocycles. The average Bonchev–Trinajstić information content (AvgIpc) is 3.05. The molecule has 1 fully saturated rings. The monoisotopic (exact) mass is 345 g/mol. The van der Waals surface area contributed by atoms with Gasteiger partial charge in [-0.05, 0) is 38.0 Å². The molecule has 2 heterocycles. The molecular weight excluding hydrogens is 318 g/mol. The third-order valence-electron chi connectivity index (χ3n) is 5.16. The van der Waals surface area contributed by atoms with E-state index in [1.54, 1.807) is 4.90 Å². The summed E-state index contributed by atoms with van der Waals surface area (Å²) in [6.07, 6.45) is -0.325. The minimum atomic E-state index is -0.325. The number of carbonyl (C=O) groups excluding carboxylic acids is 2. The zero-order chi connectivity index (χ0) is 18.2. The Bertz CT molecular complexity index is 673. The van der Waals surface area contributed by atoms with Crippen LogP contribution in [0.4, 0.5) is 4.79 Å². The van der Waals surface area contributed by atoms with Crippen LogP contribution < -0.4 is 0 Å². The molecule has 0 radical (unpaired) electrons. The molecule has 0 saturated carbocycles. The fourth-order valence-corrected chi connectivity index (χ4v) is 3.49. The fourth-order valence-electron chi connectivity index (χ4n) is 3.49. The topological polar surface area (TPSA) is 53.1 Å². The number of ether oxygens (including phenoxy) is 1. The number of piperazine rings is 1. The van der Waals surface area contributed by atoms with Gasteiger partial charge in [-0.1, -0.05) is 12.1 Å². The highest BCUT2D eigenvalue weighted by molar-refractivity contribution is 5.96. The van der Waals surface area contributed by atoms with Crippen LogP contribution in [0.5, 0.6) is 0 Å². The molecule has 0 atom stereocenters. The van der Waals surface area contributed by atoms with Crippen LogP contribution in [0.15, 0.2) is 18.2 Å². The van der Waals surface area contributed by atoms with E-state index in [-0.39, 0.29) is 17.5 Å². The van der Waals surface area contributed by atoms with Gasteiger partial charge < -0.3 is 14.5 Å². The van der Waals surface area contributed by atoms with Gasteiger partial charge in [-0.2, -0.15) is 0 Å². The maximum atomic E-state index is 13.0. The van der Waals surface area contributed by atoms with Crippen LogP contribution >= 0.6 is 0 Å². The number of amides is 2. The third kappa shape index (κ3) is 3.49. The SMILES string of the molecule is COC(=O)N1CCN(C(=O)c2cccc3c2CN(C(C)(C)C)C3)CC1. The van der Waals surface area contributed by atoms with Crippen molar-refractivity contribution in [3.8, 4) is 0 Å². The molecule has 0 spiro atoms. The quantitative estimate of drug-likeness (QED) is 0.784. The van der Waals surface area contributed by atoms with Gasteiger partial charge in [0.05, 0.1) is 7.11 Å². The van der Waals surface area contributed by atoms with E-state index in [9.17, 15) is 9.59 Å². The number of nitrogens with zero attached hydrogens (tertiary/aromatic N) is 3. The van der Waals surface area contributed by atoms with Crippen LogP contribution in [-0.2, 0) is 17.8 Å². The van der Waals surface area contributed by atoms with Crippen LogP contribution in [0.2, 0.25) is 0 Å². The van der Waals surface area contributed by atoms with E-state index in [1.807, 2.05) is 17.0 Å². The summed E-state index contributed by atoms with van der Waals surface area (Å²) in [7, 11) is 1.38. The largest absolute Gasteiger partial charge is 0.453 e. The van der Waals surface area contributed by atoms with Crippen molar-refractivity contribution in [3.63, 3.8) is 0 Å². The van der Waals surface area contributed by atoms with Crippen LogP contribution in [0.25, 0.3) is 0 Å². The molecule has 1 aromatic rings. The Kier molecular flexibility index (Phi) is 4.73. The van der Waals surface area contributed by atoms with Crippen molar-refractivity contribution in [1.82, 2.24) is 14.7 Å². The normalized spacial score (nSPS) is 18.2. The third-order valence-corrected chi connectivity index (χ3v) is 5.16. The first-order valence-corrected chi connectivity index (χ1v) is 8.79. The van der Waals surface area contributed by atoms with Gasteiger partial charge in [0.1, 0.15) is 0 Å². The highest BCUT2D eigenvalue weighted by atomic mass is 16.5. The number of fused-ring (bicyclic) bond motifs is 1. The number of carbonyl (C=O) groups is 2. The Balaban J connectivity index is 1.73. The summed E-state index contributed by atoms with van der Waals surface area (Å²) in [6, 6.07) is 6.02. The molecule has 0 aliphatic carbocycles. The molecule has 0 N–H and O–H groups in total. The summed E-state index contributed by atoms with van der Waals surface area (Å²) < 4.78 is 4.75. The van der Waals surface area contributed by atoms with Crippen molar-refractivity contribution in [2.45, 2.75) is 39.4 Å². The van der Waals surface area contributed by atoms with E-state index in [1.165, 1.54) is 12.7 Å². The summed E-state index contributed by atoms with van der Waals surface area (Å²) in [5.41, 5.74) is 3.27. The second kappa shape index (κ2) is 6.67. The maximum absolute atomic E-state index is 13.0. The summed E-state index contributed by atoms with van der Waals surface area (Å²) in [4.78, 5) is 30.5. The molecule has 0 aromatic heterocycles. The zero-order valence-electron chi connectivity index (χ0n) is 15.5. The van der Waals surface area contributed by atoms with Gasteiger partial charge in [0.2, 0.25) is 0 Å². The number of rotatable bonds is 1. The minimum Gasteiger partial charge on any atom is -0.453 e. The van der Waals surface area contributed by atoms with Crippen LogP contribution in [0.1, 0.15) is 42.3 Å². The average molecular weight is 345 g/mol. The summed E-state index contributed by atoms with van der Waals surface area (Å²) >= 11 is 0. The lowest BCUT2D eigenvalue weighted by atomic mass is 10.0. The molecule has 0 unspecified atom stereocenters. The van der Waals surface area contributed by atoms with E-state index < -0.39 is 0 Å². The highest BCUT2D eigenvalue weighted by Gasteiger charge is 2.32. The summed E-state index contributed by atoms with van der Waals surface area (Å²) in [6.45, 7) is 10.4. The van der Waals surface area contributed by atoms with Gasteiger partial charge in [-0.25, -0.2) is 4.79 Å². The Labute approximate surface area is 149 Å². The minimum absolute atomic E-state index is 0.0668. The van der Waals surface area contributed by atoms with Crippen LogP contribution in [0, 0.1) is 0 Å². The van der Waals surface area contributed by atoms with Crippen molar-refractivity contribution >= 4 is 12.0 Å². The lowest BCUT2D eigenvalue weighted by Gasteiger charge is -2.34. The molecule has 2 amide bonds. The first-order valence-electron chi connectivity index (χ1n) is 8.79. The van der Waals surface area contributed by atoms with Gasteiger partial charge >= 0.3 is 6.09 Å². The molecule has 6 heteroatoms. The molecule has 6 nitrogen and oxygen atoms in total. The van der Waals surface area contributed by atoms with E-state index in [4.69, 9.17) is 4.74 Å². The molecule has 2 aliphatic rings. The molecule has 1 aromatic carbocycles. The standard InChI is InChI=1S/C19H27N3O3/c1-19(2,3)22-12-14-6-5-7-15(16(14)13-22)17(23)20-8-10-21(11-9-20)18(24)25-4/h5-7H,8-13H2,1-4H3. The van der Waals surface area contributed by atoms with Gasteiger partial charge in [0.15, 0.2) is 0 Å². The van der Waals surface area contributed by atoms with Crippen molar-refractivity contribution in [1.29, 1.82) is 0 Å². The molecular formula is C19H27N3O3. The van der Waals surface area contributed by atoms with Crippen molar-refractivity contribution in [3.05, 3.63) is 34.9 Å².